The van der Waals surface area contributed by atoms with Gasteiger partial charge in [-0.1, -0.05) is 25.1 Å². The number of rotatable bonds is 7. The van der Waals surface area contributed by atoms with E-state index in [4.69, 9.17) is 23.2 Å². The topological polar surface area (TPSA) is 69.7 Å². The van der Waals surface area contributed by atoms with Gasteiger partial charge in [0.2, 0.25) is 10.0 Å². The molecular weight excluding hydrogens is 481 g/mol. The minimum absolute atomic E-state index is 0. The molecule has 1 amide bonds. The fourth-order valence-electron chi connectivity index (χ4n) is 4.58. The molecule has 10 heteroatoms. The molecular formula is C21H32Cl3N3O3S. The molecule has 1 aliphatic carbocycles. The minimum Gasteiger partial charge on any atom is -0.350 e. The molecule has 31 heavy (non-hydrogen) atoms. The van der Waals surface area contributed by atoms with E-state index in [0.717, 1.165) is 19.3 Å². The van der Waals surface area contributed by atoms with Gasteiger partial charge in [0.25, 0.3) is 5.91 Å². The normalized spacial score (nSPS) is 28.0. The second kappa shape index (κ2) is 11.5. The monoisotopic (exact) mass is 511 g/mol. The van der Waals surface area contributed by atoms with Crippen molar-refractivity contribution in [1.82, 2.24) is 14.5 Å². The van der Waals surface area contributed by atoms with E-state index in [-0.39, 0.29) is 34.8 Å². The number of carbonyl (C=O) groups excluding carboxylic acids is 1. The molecule has 1 aromatic carbocycles. The minimum atomic E-state index is -3.22. The summed E-state index contributed by atoms with van der Waals surface area (Å²) in [6.07, 6.45) is 3.19. The van der Waals surface area contributed by atoms with E-state index < -0.39 is 15.6 Å². The first-order valence-electron chi connectivity index (χ1n) is 10.6. The molecule has 0 radical (unpaired) electrons. The molecule has 3 unspecified atom stereocenters. The third kappa shape index (κ3) is 6.06. The Kier molecular flexibility index (Phi) is 9.92. The molecule has 1 aliphatic heterocycles. The van der Waals surface area contributed by atoms with Crippen molar-refractivity contribution in [3.63, 3.8) is 0 Å². The number of hydrogen-bond donors (Lipinski definition) is 1. The van der Waals surface area contributed by atoms with Gasteiger partial charge in [-0.25, -0.2) is 8.42 Å². The van der Waals surface area contributed by atoms with Gasteiger partial charge < -0.3 is 5.32 Å². The molecule has 0 aromatic heterocycles. The van der Waals surface area contributed by atoms with Crippen LogP contribution in [0.5, 0.6) is 0 Å². The molecule has 0 spiro atoms. The maximum Gasteiger partial charge on any atom is 0.251 e. The number of nitrogens with zero attached hydrogens (tertiary/aromatic N) is 2. The molecule has 176 valence electrons. The number of halogens is 3. The van der Waals surface area contributed by atoms with Crippen LogP contribution in [-0.2, 0) is 10.0 Å². The summed E-state index contributed by atoms with van der Waals surface area (Å²) < 4.78 is 26.5. The Hall–Kier alpha value is -0.570. The largest absolute Gasteiger partial charge is 0.350 e. The second-order valence-electron chi connectivity index (χ2n) is 8.16. The summed E-state index contributed by atoms with van der Waals surface area (Å²) in [4.78, 5) is 14.9. The predicted octanol–water partition coefficient (Wildman–Crippen LogP) is 3.33. The molecule has 1 saturated heterocycles. The predicted molar refractivity (Wildman–Crippen MR) is 129 cm³/mol. The highest BCUT2D eigenvalue weighted by Gasteiger charge is 2.49. The molecule has 2 fully saturated rings. The smallest absolute Gasteiger partial charge is 0.251 e. The molecule has 6 nitrogen and oxygen atoms in total. The summed E-state index contributed by atoms with van der Waals surface area (Å²) >= 11 is 13.4. The van der Waals surface area contributed by atoms with Crippen molar-refractivity contribution in [3.05, 3.63) is 35.9 Å². The number of carbonyl (C=O) groups is 1. The van der Waals surface area contributed by atoms with Crippen LogP contribution in [0.3, 0.4) is 0 Å². The number of amides is 1. The third-order valence-electron chi connectivity index (χ3n) is 6.24. The van der Waals surface area contributed by atoms with E-state index in [1.807, 2.05) is 25.1 Å². The van der Waals surface area contributed by atoms with Crippen molar-refractivity contribution in [2.24, 2.45) is 0 Å². The summed E-state index contributed by atoms with van der Waals surface area (Å²) in [5.74, 6) is 0.0346. The van der Waals surface area contributed by atoms with Crippen molar-refractivity contribution in [3.8, 4) is 0 Å². The average molecular weight is 513 g/mol. The van der Waals surface area contributed by atoms with Crippen LogP contribution in [0.25, 0.3) is 0 Å². The second-order valence-corrected chi connectivity index (χ2v) is 11.3. The van der Waals surface area contributed by atoms with Gasteiger partial charge in [0.15, 0.2) is 0 Å². The zero-order valence-electron chi connectivity index (χ0n) is 17.8. The number of benzene rings is 1. The van der Waals surface area contributed by atoms with Gasteiger partial charge in [0.1, 0.15) is 0 Å². The van der Waals surface area contributed by atoms with E-state index in [2.05, 4.69) is 10.2 Å². The van der Waals surface area contributed by atoms with Crippen LogP contribution in [0, 0.1) is 0 Å². The highest BCUT2D eigenvalue weighted by atomic mass is 35.5. The lowest BCUT2D eigenvalue weighted by atomic mass is 9.78. The number of piperazine rings is 1. The number of nitrogens with one attached hydrogen (secondary N) is 1. The zero-order chi connectivity index (χ0) is 21.8. The quantitative estimate of drug-likeness (QED) is 0.569. The van der Waals surface area contributed by atoms with Gasteiger partial charge >= 0.3 is 0 Å². The van der Waals surface area contributed by atoms with E-state index in [0.29, 0.717) is 44.7 Å². The average Bonchev–Trinajstić information content (AvgIpc) is 2.75. The van der Waals surface area contributed by atoms with Crippen molar-refractivity contribution >= 4 is 51.5 Å². The molecule has 0 bridgehead atoms. The highest BCUT2D eigenvalue weighted by Crippen LogP contribution is 2.40. The fourth-order valence-corrected chi connectivity index (χ4v) is 6.91. The Balaban J connectivity index is 0.00000341. The number of sulfonamides is 1. The highest BCUT2D eigenvalue weighted by molar-refractivity contribution is 7.89. The molecule has 1 N–H and O–H groups in total. The van der Waals surface area contributed by atoms with Crippen molar-refractivity contribution in [2.75, 3.05) is 38.5 Å². The first kappa shape index (κ1) is 26.7. The Morgan fingerprint density at radius 2 is 1.81 bits per heavy atom. The van der Waals surface area contributed by atoms with Crippen molar-refractivity contribution in [2.45, 2.75) is 48.9 Å². The first-order valence-corrected chi connectivity index (χ1v) is 13.1. The summed E-state index contributed by atoms with van der Waals surface area (Å²) in [6.45, 7) is 4.30. The van der Waals surface area contributed by atoms with Gasteiger partial charge in [0, 0.05) is 38.3 Å². The van der Waals surface area contributed by atoms with E-state index in [1.54, 1.807) is 16.4 Å². The van der Waals surface area contributed by atoms with E-state index in [1.165, 1.54) is 0 Å². The Bertz CT molecular complexity index is 820. The summed E-state index contributed by atoms with van der Waals surface area (Å²) in [6, 6.07) is 9.10. The van der Waals surface area contributed by atoms with E-state index in [9.17, 15) is 13.2 Å². The van der Waals surface area contributed by atoms with E-state index >= 15 is 0 Å². The molecule has 1 saturated carbocycles. The third-order valence-corrected chi connectivity index (χ3v) is 9.62. The molecule has 3 rings (SSSR count). The first-order chi connectivity index (χ1) is 14.3. The van der Waals surface area contributed by atoms with Crippen LogP contribution in [0.1, 0.15) is 43.0 Å². The lowest BCUT2D eigenvalue weighted by Crippen LogP contribution is -2.68. The van der Waals surface area contributed by atoms with Gasteiger partial charge in [0.05, 0.1) is 22.0 Å². The maximum absolute atomic E-state index is 12.7. The molecule has 1 aromatic rings. The van der Waals surface area contributed by atoms with Crippen molar-refractivity contribution < 1.29 is 13.2 Å². The standard InChI is InChI=1S/C21H31Cl2N3O3S.ClH/c1-2-15-30(28,29)26-13-11-25(12-14-26)21(10-6-9-18(22)19(21)23)16-24-20(27)17-7-4-3-5-8-17;/h3-5,7-8,18-19H,2,6,9-16H2,1H3,(H,24,27);1H. The van der Waals surface area contributed by atoms with Gasteiger partial charge in [-0.15, -0.1) is 35.6 Å². The Morgan fingerprint density at radius 1 is 1.16 bits per heavy atom. The maximum atomic E-state index is 12.7. The number of alkyl halides is 2. The summed E-state index contributed by atoms with van der Waals surface area (Å²) in [5.41, 5.74) is 0.115. The number of hydrogen-bond acceptors (Lipinski definition) is 4. The zero-order valence-corrected chi connectivity index (χ0v) is 20.9. The molecule has 1 heterocycles. The Labute approximate surface area is 202 Å². The van der Waals surface area contributed by atoms with Crippen LogP contribution in [0.4, 0.5) is 0 Å². The fraction of sp³-hybridized carbons (Fsp3) is 0.667. The summed E-state index contributed by atoms with van der Waals surface area (Å²) in [7, 11) is -3.22. The van der Waals surface area contributed by atoms with Crippen LogP contribution in [0.15, 0.2) is 30.3 Å². The van der Waals surface area contributed by atoms with Crippen LogP contribution < -0.4 is 5.32 Å². The Morgan fingerprint density at radius 3 is 2.42 bits per heavy atom. The van der Waals surface area contributed by atoms with Crippen LogP contribution >= 0.6 is 35.6 Å². The van der Waals surface area contributed by atoms with Gasteiger partial charge in [-0.2, -0.15) is 4.31 Å². The van der Waals surface area contributed by atoms with Gasteiger partial charge in [-0.3, -0.25) is 9.69 Å². The lowest BCUT2D eigenvalue weighted by molar-refractivity contribution is 0.0282. The van der Waals surface area contributed by atoms with Crippen LogP contribution in [0.2, 0.25) is 0 Å². The molecule has 3 atom stereocenters. The lowest BCUT2D eigenvalue weighted by Gasteiger charge is -2.53. The van der Waals surface area contributed by atoms with Crippen LogP contribution in [-0.4, -0.2) is 78.3 Å². The summed E-state index contributed by atoms with van der Waals surface area (Å²) in [5, 5.41) is 2.55. The molecule has 2 aliphatic rings. The van der Waals surface area contributed by atoms with Gasteiger partial charge in [-0.05, 0) is 37.8 Å². The SMILES string of the molecule is CCCS(=O)(=O)N1CCN(C2(CNC(=O)c3ccccc3)CCCC(Cl)C2Cl)CC1.Cl. The van der Waals surface area contributed by atoms with Crippen molar-refractivity contribution in [1.29, 1.82) is 0 Å².